The molecule has 0 spiro atoms. The first-order chi connectivity index (χ1) is 9.92. The van der Waals surface area contributed by atoms with Crippen LogP contribution in [0, 0.1) is 0 Å². The number of nitrogens with one attached hydrogen (secondary N) is 1. The summed E-state index contributed by atoms with van der Waals surface area (Å²) < 4.78 is 5.04. The zero-order chi connectivity index (χ0) is 13.6. The molecule has 0 bridgehead atoms. The lowest BCUT2D eigenvalue weighted by molar-refractivity contribution is 0.373. The van der Waals surface area contributed by atoms with Gasteiger partial charge in [0.25, 0.3) is 0 Å². The van der Waals surface area contributed by atoms with Crippen LogP contribution >= 0.6 is 0 Å². The van der Waals surface area contributed by atoms with E-state index in [2.05, 4.69) is 59.0 Å². The first kappa shape index (κ1) is 12.6. The fourth-order valence-electron chi connectivity index (χ4n) is 2.11. The summed E-state index contributed by atoms with van der Waals surface area (Å²) in [6.45, 7) is 1.51. The molecule has 1 aromatic heterocycles. The number of rotatable bonds is 5. The molecule has 0 aliphatic carbocycles. The molecule has 3 rings (SSSR count). The van der Waals surface area contributed by atoms with E-state index in [0.717, 1.165) is 12.3 Å². The van der Waals surface area contributed by atoms with Crippen LogP contribution in [0.3, 0.4) is 0 Å². The van der Waals surface area contributed by atoms with Gasteiger partial charge >= 0.3 is 0 Å². The molecule has 0 atom stereocenters. The van der Waals surface area contributed by atoms with E-state index >= 15 is 0 Å². The first-order valence-electron chi connectivity index (χ1n) is 6.66. The number of hydrogen-bond acceptors (Lipinski definition) is 3. The zero-order valence-corrected chi connectivity index (χ0v) is 11.1. The van der Waals surface area contributed by atoms with Gasteiger partial charge in [-0.05, 0) is 16.7 Å². The van der Waals surface area contributed by atoms with Gasteiger partial charge in [-0.15, -0.1) is 0 Å². The predicted molar refractivity (Wildman–Crippen MR) is 78.9 cm³/mol. The molecular weight excluding hydrogens is 248 g/mol. The number of nitrogens with zero attached hydrogens (tertiary/aromatic N) is 1. The third-order valence-corrected chi connectivity index (χ3v) is 3.18. The quantitative estimate of drug-likeness (QED) is 0.764. The third-order valence-electron chi connectivity index (χ3n) is 3.18. The Labute approximate surface area is 118 Å². The van der Waals surface area contributed by atoms with Crippen LogP contribution in [0.15, 0.2) is 71.4 Å². The number of hydrogen-bond donors (Lipinski definition) is 1. The van der Waals surface area contributed by atoms with Gasteiger partial charge in [-0.1, -0.05) is 59.8 Å². The summed E-state index contributed by atoms with van der Waals surface area (Å²) >= 11 is 0. The van der Waals surface area contributed by atoms with Gasteiger partial charge < -0.3 is 9.84 Å². The van der Waals surface area contributed by atoms with Crippen molar-refractivity contribution < 1.29 is 4.52 Å². The zero-order valence-electron chi connectivity index (χ0n) is 11.1. The molecule has 0 aliphatic rings. The van der Waals surface area contributed by atoms with Gasteiger partial charge in [0, 0.05) is 12.6 Å². The van der Waals surface area contributed by atoms with E-state index in [4.69, 9.17) is 4.52 Å². The molecule has 0 fully saturated rings. The predicted octanol–water partition coefficient (Wildman–Crippen LogP) is 3.63. The molecule has 20 heavy (non-hydrogen) atoms. The lowest BCUT2D eigenvalue weighted by Crippen LogP contribution is -2.11. The van der Waals surface area contributed by atoms with E-state index in [1.165, 1.54) is 16.7 Å². The van der Waals surface area contributed by atoms with E-state index in [0.29, 0.717) is 6.54 Å². The summed E-state index contributed by atoms with van der Waals surface area (Å²) in [6, 6.07) is 20.9. The van der Waals surface area contributed by atoms with Crippen LogP contribution in [0.25, 0.3) is 11.1 Å². The molecule has 0 unspecified atom stereocenters. The van der Waals surface area contributed by atoms with Crippen LogP contribution in [-0.4, -0.2) is 5.16 Å². The van der Waals surface area contributed by atoms with Crippen LogP contribution in [0.2, 0.25) is 0 Å². The lowest BCUT2D eigenvalue weighted by Gasteiger charge is -2.05. The van der Waals surface area contributed by atoms with E-state index in [1.807, 2.05) is 12.1 Å². The maximum atomic E-state index is 5.04. The van der Waals surface area contributed by atoms with Crippen molar-refractivity contribution in [1.29, 1.82) is 0 Å². The van der Waals surface area contributed by atoms with Crippen molar-refractivity contribution in [2.45, 2.75) is 13.1 Å². The Balaban J connectivity index is 1.59. The minimum Gasteiger partial charge on any atom is -0.360 e. The van der Waals surface area contributed by atoms with Gasteiger partial charge in [0.1, 0.15) is 5.76 Å². The SMILES string of the molecule is c1ccc(-c2ccc(CNCc3ccno3)cc2)cc1. The Morgan fingerprint density at radius 2 is 1.55 bits per heavy atom. The Kier molecular flexibility index (Phi) is 3.90. The average Bonchev–Trinajstić information content (AvgIpc) is 3.02. The second kappa shape index (κ2) is 6.17. The molecular formula is C17H16N2O. The standard InChI is InChI=1S/C17H16N2O/c1-2-4-15(5-3-1)16-8-6-14(7-9-16)12-18-13-17-10-11-19-20-17/h1-11,18H,12-13H2. The van der Waals surface area contributed by atoms with Crippen molar-refractivity contribution in [3.8, 4) is 11.1 Å². The first-order valence-corrected chi connectivity index (χ1v) is 6.66. The van der Waals surface area contributed by atoms with Gasteiger partial charge in [0.15, 0.2) is 0 Å². The summed E-state index contributed by atoms with van der Waals surface area (Å²) in [5.41, 5.74) is 3.74. The molecule has 3 nitrogen and oxygen atoms in total. The molecule has 0 radical (unpaired) electrons. The number of benzene rings is 2. The molecule has 0 saturated carbocycles. The van der Waals surface area contributed by atoms with Crippen LogP contribution in [0.1, 0.15) is 11.3 Å². The largest absolute Gasteiger partial charge is 0.360 e. The Hall–Kier alpha value is -2.39. The van der Waals surface area contributed by atoms with Crippen molar-refractivity contribution in [2.75, 3.05) is 0 Å². The van der Waals surface area contributed by atoms with E-state index < -0.39 is 0 Å². The number of aromatic nitrogens is 1. The van der Waals surface area contributed by atoms with Crippen molar-refractivity contribution in [2.24, 2.45) is 0 Å². The highest BCUT2D eigenvalue weighted by atomic mass is 16.5. The molecule has 0 aliphatic heterocycles. The molecule has 1 N–H and O–H groups in total. The van der Waals surface area contributed by atoms with Crippen molar-refractivity contribution >= 4 is 0 Å². The Bertz CT molecular complexity index is 631. The lowest BCUT2D eigenvalue weighted by atomic mass is 10.0. The fourth-order valence-corrected chi connectivity index (χ4v) is 2.11. The van der Waals surface area contributed by atoms with E-state index in [1.54, 1.807) is 6.20 Å². The molecule has 2 aromatic carbocycles. The van der Waals surface area contributed by atoms with Gasteiger partial charge in [-0.3, -0.25) is 0 Å². The highest BCUT2D eigenvalue weighted by Crippen LogP contribution is 2.19. The van der Waals surface area contributed by atoms with Crippen LogP contribution < -0.4 is 5.32 Å². The maximum absolute atomic E-state index is 5.04. The molecule has 3 aromatic rings. The van der Waals surface area contributed by atoms with Gasteiger partial charge in [-0.2, -0.15) is 0 Å². The van der Waals surface area contributed by atoms with Crippen LogP contribution in [0.5, 0.6) is 0 Å². The maximum Gasteiger partial charge on any atom is 0.150 e. The van der Waals surface area contributed by atoms with Crippen molar-refractivity contribution in [3.63, 3.8) is 0 Å². The summed E-state index contributed by atoms with van der Waals surface area (Å²) in [6.07, 6.45) is 1.66. The van der Waals surface area contributed by atoms with Crippen molar-refractivity contribution in [3.05, 3.63) is 78.2 Å². The third kappa shape index (κ3) is 3.13. The summed E-state index contributed by atoms with van der Waals surface area (Å²) in [7, 11) is 0. The summed E-state index contributed by atoms with van der Waals surface area (Å²) in [5.74, 6) is 0.853. The monoisotopic (exact) mass is 264 g/mol. The summed E-state index contributed by atoms with van der Waals surface area (Å²) in [5, 5.41) is 7.01. The minimum absolute atomic E-state index is 0.695. The molecule has 0 saturated heterocycles. The highest BCUT2D eigenvalue weighted by Gasteiger charge is 1.99. The van der Waals surface area contributed by atoms with E-state index in [-0.39, 0.29) is 0 Å². The fraction of sp³-hybridized carbons (Fsp3) is 0.118. The minimum atomic E-state index is 0.695. The second-order valence-electron chi connectivity index (χ2n) is 4.65. The van der Waals surface area contributed by atoms with Crippen LogP contribution in [-0.2, 0) is 13.1 Å². The Morgan fingerprint density at radius 3 is 2.25 bits per heavy atom. The normalized spacial score (nSPS) is 10.6. The molecule has 100 valence electrons. The second-order valence-corrected chi connectivity index (χ2v) is 4.65. The average molecular weight is 264 g/mol. The van der Waals surface area contributed by atoms with Gasteiger partial charge in [0.05, 0.1) is 12.7 Å². The smallest absolute Gasteiger partial charge is 0.150 e. The topological polar surface area (TPSA) is 38.1 Å². The van der Waals surface area contributed by atoms with Gasteiger partial charge in [-0.25, -0.2) is 0 Å². The molecule has 0 amide bonds. The summed E-state index contributed by atoms with van der Waals surface area (Å²) in [4.78, 5) is 0. The molecule has 3 heteroatoms. The van der Waals surface area contributed by atoms with E-state index in [9.17, 15) is 0 Å². The molecule has 1 heterocycles. The van der Waals surface area contributed by atoms with Crippen molar-refractivity contribution in [1.82, 2.24) is 10.5 Å². The Morgan fingerprint density at radius 1 is 0.800 bits per heavy atom. The van der Waals surface area contributed by atoms with Crippen LogP contribution in [0.4, 0.5) is 0 Å². The highest BCUT2D eigenvalue weighted by molar-refractivity contribution is 5.63. The van der Waals surface area contributed by atoms with Gasteiger partial charge in [0.2, 0.25) is 0 Å².